The molecule has 6 heteroatoms. The standard InChI is InChI=1S/C33H35NO4S/c1-5-37-31(35)30-27-18-25(22-12-7-6-8-13-22)26(24-17-11-15-21-14-9-10-16-23(21)24)19-28(27)39-29(30)20-34-32(36)38-33(2,3)4/h9-12,14-19H,5-8,13,20H2,1-4H3,(H,34,36). The molecule has 0 aliphatic heterocycles. The third-order valence-electron chi connectivity index (χ3n) is 6.89. The van der Waals surface area contributed by atoms with E-state index in [1.54, 1.807) is 0 Å². The van der Waals surface area contributed by atoms with E-state index >= 15 is 0 Å². The quantitative estimate of drug-likeness (QED) is 0.248. The zero-order valence-corrected chi connectivity index (χ0v) is 23.9. The summed E-state index contributed by atoms with van der Waals surface area (Å²) >= 11 is 1.52. The fourth-order valence-corrected chi connectivity index (χ4v) is 6.40. The summed E-state index contributed by atoms with van der Waals surface area (Å²) < 4.78 is 11.9. The van der Waals surface area contributed by atoms with Crippen molar-refractivity contribution in [1.82, 2.24) is 5.32 Å². The molecule has 0 spiro atoms. The number of hydrogen-bond donors (Lipinski definition) is 1. The first-order chi connectivity index (χ1) is 18.7. The molecule has 0 bridgehead atoms. The Bertz CT molecular complexity index is 1570. The molecule has 0 saturated heterocycles. The van der Waals surface area contributed by atoms with Crippen LogP contribution < -0.4 is 5.32 Å². The number of amides is 1. The van der Waals surface area contributed by atoms with Gasteiger partial charge in [-0.3, -0.25) is 0 Å². The van der Waals surface area contributed by atoms with Gasteiger partial charge >= 0.3 is 12.1 Å². The Morgan fingerprint density at radius 2 is 1.74 bits per heavy atom. The number of alkyl carbamates (subject to hydrolysis) is 1. The maximum Gasteiger partial charge on any atom is 0.407 e. The van der Waals surface area contributed by atoms with E-state index in [4.69, 9.17) is 9.47 Å². The Labute approximate surface area is 233 Å². The zero-order chi connectivity index (χ0) is 27.6. The number of hydrogen-bond acceptors (Lipinski definition) is 5. The summed E-state index contributed by atoms with van der Waals surface area (Å²) in [6, 6.07) is 19.3. The number of ether oxygens (including phenoxy) is 2. The van der Waals surface area contributed by atoms with Crippen LogP contribution in [-0.4, -0.2) is 24.3 Å². The molecule has 0 atom stereocenters. The third kappa shape index (κ3) is 5.86. The molecule has 1 heterocycles. The number of carbonyl (C=O) groups excluding carboxylic acids is 2. The summed E-state index contributed by atoms with van der Waals surface area (Å²) in [6.45, 7) is 7.75. The van der Waals surface area contributed by atoms with Crippen LogP contribution in [0.3, 0.4) is 0 Å². The van der Waals surface area contributed by atoms with Gasteiger partial charge in [0, 0.05) is 15.0 Å². The number of thiophene rings is 1. The molecule has 5 rings (SSSR count). The van der Waals surface area contributed by atoms with Gasteiger partial charge in [-0.05, 0) is 98.5 Å². The van der Waals surface area contributed by atoms with Crippen LogP contribution in [0.4, 0.5) is 4.79 Å². The lowest BCUT2D eigenvalue weighted by molar-refractivity contribution is 0.0505. The molecular weight excluding hydrogens is 506 g/mol. The fourth-order valence-electron chi connectivity index (χ4n) is 5.24. The minimum atomic E-state index is -0.607. The third-order valence-corrected chi connectivity index (χ3v) is 8.04. The van der Waals surface area contributed by atoms with Gasteiger partial charge < -0.3 is 14.8 Å². The molecule has 0 unspecified atom stereocenters. The summed E-state index contributed by atoms with van der Waals surface area (Å²) in [5.74, 6) is -0.369. The average molecular weight is 542 g/mol. The lowest BCUT2D eigenvalue weighted by Crippen LogP contribution is -2.32. The summed E-state index contributed by atoms with van der Waals surface area (Å²) in [7, 11) is 0. The molecule has 5 nitrogen and oxygen atoms in total. The van der Waals surface area contributed by atoms with Gasteiger partial charge in [-0.25, -0.2) is 9.59 Å². The van der Waals surface area contributed by atoms with E-state index in [1.165, 1.54) is 39.7 Å². The van der Waals surface area contributed by atoms with Gasteiger partial charge in [0.05, 0.1) is 18.7 Å². The van der Waals surface area contributed by atoms with Crippen molar-refractivity contribution >= 4 is 49.8 Å². The first kappa shape index (κ1) is 26.9. The van der Waals surface area contributed by atoms with Gasteiger partial charge in [0.1, 0.15) is 5.60 Å². The van der Waals surface area contributed by atoms with Crippen LogP contribution in [0, 0.1) is 0 Å². The van der Waals surface area contributed by atoms with Crippen LogP contribution in [0.2, 0.25) is 0 Å². The predicted molar refractivity (Wildman–Crippen MR) is 160 cm³/mol. The number of carbonyl (C=O) groups is 2. The maximum atomic E-state index is 13.3. The fraction of sp³-hybridized carbons (Fsp3) is 0.333. The smallest absolute Gasteiger partial charge is 0.407 e. The highest BCUT2D eigenvalue weighted by molar-refractivity contribution is 7.19. The second-order valence-electron chi connectivity index (χ2n) is 10.9. The van der Waals surface area contributed by atoms with Gasteiger partial charge in [-0.1, -0.05) is 48.5 Å². The van der Waals surface area contributed by atoms with Crippen molar-refractivity contribution in [2.75, 3.05) is 6.61 Å². The SMILES string of the molecule is CCOC(=O)c1c(CNC(=O)OC(C)(C)C)sc2cc(-c3cccc4ccccc34)c(C3=CCCCC3)cc12. The molecule has 1 aromatic heterocycles. The summed E-state index contributed by atoms with van der Waals surface area (Å²) in [6.07, 6.45) is 6.25. The van der Waals surface area contributed by atoms with Crippen LogP contribution in [0.25, 0.3) is 37.6 Å². The normalized spacial score (nSPS) is 13.8. The monoisotopic (exact) mass is 541 g/mol. The van der Waals surface area contributed by atoms with E-state index in [0.29, 0.717) is 5.56 Å². The Kier molecular flexibility index (Phi) is 7.76. The van der Waals surface area contributed by atoms with Gasteiger partial charge in [0.15, 0.2) is 0 Å². The Morgan fingerprint density at radius 1 is 0.949 bits per heavy atom. The van der Waals surface area contributed by atoms with Crippen molar-refractivity contribution in [1.29, 1.82) is 0 Å². The lowest BCUT2D eigenvalue weighted by atomic mass is 9.86. The minimum absolute atomic E-state index is 0.185. The highest BCUT2D eigenvalue weighted by Crippen LogP contribution is 2.43. The molecular formula is C33H35NO4S. The van der Waals surface area contributed by atoms with E-state index in [1.807, 2.05) is 27.7 Å². The van der Waals surface area contributed by atoms with Crippen molar-refractivity contribution in [3.05, 3.63) is 76.7 Å². The number of nitrogens with one attached hydrogen (secondary N) is 1. The van der Waals surface area contributed by atoms with Crippen LogP contribution in [0.5, 0.6) is 0 Å². The minimum Gasteiger partial charge on any atom is -0.462 e. The molecule has 1 N–H and O–H groups in total. The molecule has 39 heavy (non-hydrogen) atoms. The predicted octanol–water partition coefficient (Wildman–Crippen LogP) is 8.88. The highest BCUT2D eigenvalue weighted by atomic mass is 32.1. The van der Waals surface area contributed by atoms with Gasteiger partial charge in [-0.2, -0.15) is 0 Å². The van der Waals surface area contributed by atoms with Crippen molar-refractivity contribution in [3.63, 3.8) is 0 Å². The highest BCUT2D eigenvalue weighted by Gasteiger charge is 2.25. The van der Waals surface area contributed by atoms with Gasteiger partial charge in [-0.15, -0.1) is 11.3 Å². The van der Waals surface area contributed by atoms with Crippen molar-refractivity contribution in [2.45, 2.75) is 65.5 Å². The molecule has 202 valence electrons. The van der Waals surface area contributed by atoms with Crippen molar-refractivity contribution < 1.29 is 19.1 Å². The first-order valence-corrected chi connectivity index (χ1v) is 14.5. The van der Waals surface area contributed by atoms with E-state index in [9.17, 15) is 9.59 Å². The molecule has 4 aromatic rings. The number of esters is 1. The van der Waals surface area contributed by atoms with Crippen LogP contribution in [0.1, 0.15) is 74.2 Å². The van der Waals surface area contributed by atoms with Crippen LogP contribution >= 0.6 is 11.3 Å². The number of fused-ring (bicyclic) bond motifs is 2. The second-order valence-corrected chi connectivity index (χ2v) is 12.0. The second kappa shape index (κ2) is 11.2. The summed E-state index contributed by atoms with van der Waals surface area (Å²) in [5.41, 5.74) is 4.74. The Hall–Kier alpha value is -3.64. The molecule has 0 radical (unpaired) electrons. The van der Waals surface area contributed by atoms with E-state index in [0.717, 1.165) is 45.4 Å². The Balaban J connectivity index is 1.69. The van der Waals surface area contributed by atoms with E-state index < -0.39 is 11.7 Å². The lowest BCUT2D eigenvalue weighted by Gasteiger charge is -2.19. The van der Waals surface area contributed by atoms with Crippen LogP contribution in [0.15, 0.2) is 60.7 Å². The topological polar surface area (TPSA) is 64.6 Å². The van der Waals surface area contributed by atoms with Crippen LogP contribution in [-0.2, 0) is 16.0 Å². The number of rotatable bonds is 6. The molecule has 1 aliphatic carbocycles. The first-order valence-electron chi connectivity index (χ1n) is 13.7. The number of benzene rings is 3. The van der Waals surface area contributed by atoms with E-state index in [-0.39, 0.29) is 19.1 Å². The average Bonchev–Trinajstić information content (AvgIpc) is 3.28. The zero-order valence-electron chi connectivity index (χ0n) is 23.1. The maximum absolute atomic E-state index is 13.3. The van der Waals surface area contributed by atoms with Crippen molar-refractivity contribution in [3.8, 4) is 11.1 Å². The molecule has 1 aliphatic rings. The summed E-state index contributed by atoms with van der Waals surface area (Å²) in [4.78, 5) is 26.4. The molecule has 1 amide bonds. The summed E-state index contributed by atoms with van der Waals surface area (Å²) in [5, 5.41) is 6.09. The van der Waals surface area contributed by atoms with E-state index in [2.05, 4.69) is 66.0 Å². The molecule has 3 aromatic carbocycles. The van der Waals surface area contributed by atoms with Gasteiger partial charge in [0.25, 0.3) is 0 Å². The molecule has 0 fully saturated rings. The largest absolute Gasteiger partial charge is 0.462 e. The van der Waals surface area contributed by atoms with Crippen molar-refractivity contribution in [2.24, 2.45) is 0 Å². The molecule has 0 saturated carbocycles. The number of allylic oxidation sites excluding steroid dienone is 2. The Morgan fingerprint density at radius 3 is 2.49 bits per heavy atom. The van der Waals surface area contributed by atoms with Gasteiger partial charge in [0.2, 0.25) is 0 Å².